The van der Waals surface area contributed by atoms with Gasteiger partial charge in [0.05, 0.1) is 17.6 Å². The highest BCUT2D eigenvalue weighted by atomic mass is 16.1. The molecule has 0 fully saturated rings. The van der Waals surface area contributed by atoms with Crippen molar-refractivity contribution >= 4 is 11.6 Å². The van der Waals surface area contributed by atoms with E-state index < -0.39 is 5.92 Å². The molecule has 1 aromatic rings. The van der Waals surface area contributed by atoms with E-state index >= 15 is 0 Å². The maximum Gasteiger partial charge on any atom is 0.173 e. The molecule has 1 atom stereocenters. The van der Waals surface area contributed by atoms with E-state index in [4.69, 9.17) is 5.26 Å². The Morgan fingerprint density at radius 1 is 1.28 bits per heavy atom. The first kappa shape index (κ1) is 14.1. The van der Waals surface area contributed by atoms with Crippen LogP contribution in [0.3, 0.4) is 0 Å². The zero-order valence-corrected chi connectivity index (χ0v) is 10.8. The van der Waals surface area contributed by atoms with Crippen LogP contribution < -0.4 is 0 Å². The first-order chi connectivity index (χ1) is 8.60. The third kappa shape index (κ3) is 3.53. The summed E-state index contributed by atoms with van der Waals surface area (Å²) in [6.45, 7) is 3.49. The van der Waals surface area contributed by atoms with Crippen LogP contribution in [0.2, 0.25) is 0 Å². The van der Waals surface area contributed by atoms with Gasteiger partial charge in [0.2, 0.25) is 0 Å². The fourth-order valence-electron chi connectivity index (χ4n) is 1.84. The molecule has 3 heteroatoms. The van der Waals surface area contributed by atoms with Crippen LogP contribution in [0.15, 0.2) is 24.3 Å². The van der Waals surface area contributed by atoms with Crippen molar-refractivity contribution in [2.24, 2.45) is 5.92 Å². The number of benzene rings is 1. The molecule has 0 radical (unpaired) electrons. The molecule has 0 aliphatic carbocycles. The van der Waals surface area contributed by atoms with E-state index in [2.05, 4.69) is 0 Å². The number of unbranched alkanes of at least 4 members (excludes halogenated alkanes) is 1. The van der Waals surface area contributed by atoms with Crippen molar-refractivity contribution in [2.45, 2.75) is 33.1 Å². The van der Waals surface area contributed by atoms with Gasteiger partial charge in [-0.05, 0) is 25.5 Å². The number of Topliss-reactive ketones (excluding diaryl/α,β-unsaturated/α-hetero) is 2. The summed E-state index contributed by atoms with van der Waals surface area (Å²) in [5.74, 6) is -0.767. The van der Waals surface area contributed by atoms with Gasteiger partial charge in [0, 0.05) is 5.56 Å². The van der Waals surface area contributed by atoms with Crippen molar-refractivity contribution < 1.29 is 9.59 Å². The van der Waals surface area contributed by atoms with Crippen LogP contribution in [0.5, 0.6) is 0 Å². The van der Waals surface area contributed by atoms with Gasteiger partial charge < -0.3 is 0 Å². The first-order valence-electron chi connectivity index (χ1n) is 6.15. The number of hydrogen-bond acceptors (Lipinski definition) is 3. The fraction of sp³-hybridized carbons (Fsp3) is 0.400. The van der Waals surface area contributed by atoms with Crippen molar-refractivity contribution in [3.8, 4) is 6.07 Å². The highest BCUT2D eigenvalue weighted by Gasteiger charge is 2.23. The van der Waals surface area contributed by atoms with E-state index in [1.54, 1.807) is 24.3 Å². The van der Waals surface area contributed by atoms with Crippen LogP contribution in [-0.4, -0.2) is 11.6 Å². The molecule has 3 nitrogen and oxygen atoms in total. The summed E-state index contributed by atoms with van der Waals surface area (Å²) >= 11 is 0. The summed E-state index contributed by atoms with van der Waals surface area (Å²) in [6, 6.07) is 8.43. The maximum atomic E-state index is 12.2. The van der Waals surface area contributed by atoms with E-state index in [1.165, 1.54) is 6.92 Å². The number of nitrogens with zero attached hydrogens (tertiary/aromatic N) is 1. The fourth-order valence-corrected chi connectivity index (χ4v) is 1.84. The minimum atomic E-state index is -0.544. The monoisotopic (exact) mass is 243 g/mol. The Balaban J connectivity index is 2.88. The molecule has 18 heavy (non-hydrogen) atoms. The molecule has 1 unspecified atom stereocenters. The van der Waals surface area contributed by atoms with Crippen molar-refractivity contribution in [3.63, 3.8) is 0 Å². The Morgan fingerprint density at radius 2 is 1.89 bits per heavy atom. The van der Waals surface area contributed by atoms with Gasteiger partial charge in [0.15, 0.2) is 5.78 Å². The predicted molar refractivity (Wildman–Crippen MR) is 69.2 cm³/mol. The Kier molecular flexibility index (Phi) is 5.26. The normalized spacial score (nSPS) is 11.6. The summed E-state index contributed by atoms with van der Waals surface area (Å²) < 4.78 is 0. The maximum absolute atomic E-state index is 12.2. The molecule has 0 aliphatic rings. The Hall–Kier alpha value is -1.95. The largest absolute Gasteiger partial charge is 0.299 e. The molecule has 0 saturated carbocycles. The Labute approximate surface area is 107 Å². The average Bonchev–Trinajstić information content (AvgIpc) is 2.38. The van der Waals surface area contributed by atoms with Gasteiger partial charge in [-0.3, -0.25) is 9.59 Å². The smallest absolute Gasteiger partial charge is 0.173 e. The molecular formula is C15H17NO2. The summed E-state index contributed by atoms with van der Waals surface area (Å²) in [6.07, 6.45) is 2.43. The second-order valence-electron chi connectivity index (χ2n) is 4.36. The van der Waals surface area contributed by atoms with E-state index in [9.17, 15) is 9.59 Å². The van der Waals surface area contributed by atoms with Gasteiger partial charge in [-0.25, -0.2) is 0 Å². The first-order valence-corrected chi connectivity index (χ1v) is 6.15. The Morgan fingerprint density at radius 3 is 2.33 bits per heavy atom. The van der Waals surface area contributed by atoms with Gasteiger partial charge in [-0.2, -0.15) is 5.26 Å². The van der Waals surface area contributed by atoms with Crippen LogP contribution in [0, 0.1) is 17.2 Å². The summed E-state index contributed by atoms with van der Waals surface area (Å²) in [7, 11) is 0. The van der Waals surface area contributed by atoms with Crippen LogP contribution in [0.4, 0.5) is 0 Å². The van der Waals surface area contributed by atoms with Crippen LogP contribution in [-0.2, 0) is 4.79 Å². The third-order valence-corrected chi connectivity index (χ3v) is 2.95. The number of carbonyl (C=O) groups is 2. The van der Waals surface area contributed by atoms with E-state index in [0.29, 0.717) is 17.5 Å². The molecule has 1 rings (SSSR count). The minimum Gasteiger partial charge on any atom is -0.299 e. The number of rotatable bonds is 6. The van der Waals surface area contributed by atoms with E-state index in [1.807, 2.05) is 13.0 Å². The third-order valence-electron chi connectivity index (χ3n) is 2.95. The standard InChI is InChI=1S/C15H17NO2/c1-3-4-5-14(11(2)17)15(18)13-8-6-12(10-16)7-9-13/h6-9,14H,3-5H2,1-2H3. The molecule has 0 saturated heterocycles. The molecule has 0 heterocycles. The second kappa shape index (κ2) is 6.70. The SMILES string of the molecule is CCCCC(C(C)=O)C(=O)c1ccc(C#N)cc1. The predicted octanol–water partition coefficient (Wildman–Crippen LogP) is 3.14. The van der Waals surface area contributed by atoms with Gasteiger partial charge >= 0.3 is 0 Å². The van der Waals surface area contributed by atoms with Crippen molar-refractivity contribution in [1.82, 2.24) is 0 Å². The minimum absolute atomic E-state index is 0.0854. The van der Waals surface area contributed by atoms with Gasteiger partial charge in [0.25, 0.3) is 0 Å². The topological polar surface area (TPSA) is 57.9 Å². The lowest BCUT2D eigenvalue weighted by atomic mass is 9.89. The zero-order chi connectivity index (χ0) is 13.5. The van der Waals surface area contributed by atoms with Gasteiger partial charge in [0.1, 0.15) is 5.78 Å². The summed E-state index contributed by atoms with van der Waals surface area (Å²) in [4.78, 5) is 23.7. The Bertz CT molecular complexity index is 468. The molecule has 0 bridgehead atoms. The highest BCUT2D eigenvalue weighted by Crippen LogP contribution is 2.17. The average molecular weight is 243 g/mol. The van der Waals surface area contributed by atoms with Crippen molar-refractivity contribution in [1.29, 1.82) is 5.26 Å². The summed E-state index contributed by atoms with van der Waals surface area (Å²) in [5, 5.41) is 8.69. The van der Waals surface area contributed by atoms with E-state index in [-0.39, 0.29) is 11.6 Å². The molecule has 0 aliphatic heterocycles. The van der Waals surface area contributed by atoms with Gasteiger partial charge in [-0.1, -0.05) is 31.9 Å². The molecular weight excluding hydrogens is 226 g/mol. The second-order valence-corrected chi connectivity index (χ2v) is 4.36. The van der Waals surface area contributed by atoms with Crippen molar-refractivity contribution in [3.05, 3.63) is 35.4 Å². The lowest BCUT2D eigenvalue weighted by Gasteiger charge is -2.12. The van der Waals surface area contributed by atoms with Crippen LogP contribution in [0.25, 0.3) is 0 Å². The lowest BCUT2D eigenvalue weighted by molar-refractivity contribution is -0.119. The van der Waals surface area contributed by atoms with Crippen LogP contribution >= 0.6 is 0 Å². The quantitative estimate of drug-likeness (QED) is 0.569. The number of carbonyl (C=O) groups excluding carboxylic acids is 2. The molecule has 0 spiro atoms. The molecule has 0 N–H and O–H groups in total. The van der Waals surface area contributed by atoms with E-state index in [0.717, 1.165) is 12.8 Å². The summed E-state index contributed by atoms with van der Waals surface area (Å²) in [5.41, 5.74) is 1.02. The van der Waals surface area contributed by atoms with Crippen molar-refractivity contribution in [2.75, 3.05) is 0 Å². The lowest BCUT2D eigenvalue weighted by Crippen LogP contribution is -2.22. The molecule has 0 aromatic heterocycles. The highest BCUT2D eigenvalue weighted by molar-refractivity contribution is 6.10. The van der Waals surface area contributed by atoms with Gasteiger partial charge in [-0.15, -0.1) is 0 Å². The van der Waals surface area contributed by atoms with Crippen LogP contribution in [0.1, 0.15) is 49.0 Å². The molecule has 0 amide bonds. The number of ketones is 2. The zero-order valence-electron chi connectivity index (χ0n) is 10.8. The molecule has 1 aromatic carbocycles. The number of hydrogen-bond donors (Lipinski definition) is 0. The number of nitriles is 1. The molecule has 94 valence electrons.